The van der Waals surface area contributed by atoms with E-state index in [9.17, 15) is 0 Å². The third-order valence-corrected chi connectivity index (χ3v) is 3.90. The van der Waals surface area contributed by atoms with Crippen molar-refractivity contribution in [3.63, 3.8) is 0 Å². The Hall–Kier alpha value is -1.44. The Labute approximate surface area is 132 Å². The molecule has 3 aromatic rings. The summed E-state index contributed by atoms with van der Waals surface area (Å²) in [5.41, 5.74) is 1.43. The summed E-state index contributed by atoms with van der Waals surface area (Å²) in [6, 6.07) is 5.19. The summed E-state index contributed by atoms with van der Waals surface area (Å²) in [5, 5.41) is 17.3. The zero-order valence-corrected chi connectivity index (χ0v) is 13.2. The van der Waals surface area contributed by atoms with Gasteiger partial charge in [-0.3, -0.25) is 0 Å². The van der Waals surface area contributed by atoms with E-state index in [0.29, 0.717) is 26.2 Å². The minimum atomic E-state index is 0.482. The van der Waals surface area contributed by atoms with Crippen LogP contribution in [-0.4, -0.2) is 30.0 Å². The molecular formula is C11H7BrCl2N6. The van der Waals surface area contributed by atoms with Crippen molar-refractivity contribution in [1.82, 2.24) is 30.0 Å². The van der Waals surface area contributed by atoms with Crippen molar-refractivity contribution in [1.29, 1.82) is 0 Å². The molecule has 0 spiro atoms. The van der Waals surface area contributed by atoms with Crippen molar-refractivity contribution >= 4 is 39.1 Å². The second-order valence-electron chi connectivity index (χ2n) is 3.96. The van der Waals surface area contributed by atoms with Crippen LogP contribution >= 0.6 is 39.1 Å². The van der Waals surface area contributed by atoms with Crippen LogP contribution in [0.15, 0.2) is 29.0 Å². The first-order chi connectivity index (χ1) is 9.56. The number of hydrogen-bond acceptors (Lipinski definition) is 4. The van der Waals surface area contributed by atoms with Gasteiger partial charge in [0.2, 0.25) is 5.82 Å². The van der Waals surface area contributed by atoms with Gasteiger partial charge in [-0.1, -0.05) is 23.2 Å². The molecule has 1 aromatic carbocycles. The van der Waals surface area contributed by atoms with Crippen molar-refractivity contribution in [2.45, 2.75) is 0 Å². The van der Waals surface area contributed by atoms with Gasteiger partial charge in [0, 0.05) is 5.02 Å². The molecular weight excluding hydrogens is 367 g/mol. The highest BCUT2D eigenvalue weighted by Gasteiger charge is 2.16. The Morgan fingerprint density at radius 3 is 2.70 bits per heavy atom. The SMILES string of the molecule is Cn1nnc(-c2cnn(-c3ccc(Cl)cc3Cl)c2Br)n1. The summed E-state index contributed by atoms with van der Waals surface area (Å²) in [6.45, 7) is 0. The largest absolute Gasteiger partial charge is 0.224 e. The molecule has 0 atom stereocenters. The molecule has 0 saturated heterocycles. The van der Waals surface area contributed by atoms with Gasteiger partial charge < -0.3 is 0 Å². The van der Waals surface area contributed by atoms with Crippen molar-refractivity contribution in [3.05, 3.63) is 39.0 Å². The first-order valence-corrected chi connectivity index (χ1v) is 7.04. The quantitative estimate of drug-likeness (QED) is 0.692. The van der Waals surface area contributed by atoms with Crippen LogP contribution in [0.3, 0.4) is 0 Å². The minimum Gasteiger partial charge on any atom is -0.224 e. The van der Waals surface area contributed by atoms with E-state index in [4.69, 9.17) is 23.2 Å². The minimum absolute atomic E-state index is 0.482. The number of rotatable bonds is 2. The van der Waals surface area contributed by atoms with Gasteiger partial charge in [-0.05, 0) is 39.3 Å². The van der Waals surface area contributed by atoms with Crippen LogP contribution in [0.25, 0.3) is 17.1 Å². The maximum absolute atomic E-state index is 6.18. The maximum Gasteiger partial charge on any atom is 0.209 e. The van der Waals surface area contributed by atoms with Crippen LogP contribution in [0.2, 0.25) is 10.0 Å². The molecule has 0 unspecified atom stereocenters. The van der Waals surface area contributed by atoms with Crippen LogP contribution < -0.4 is 0 Å². The Bertz CT molecular complexity index is 781. The molecule has 6 nitrogen and oxygen atoms in total. The van der Waals surface area contributed by atoms with Crippen LogP contribution in [0.5, 0.6) is 0 Å². The molecule has 0 fully saturated rings. The summed E-state index contributed by atoms with van der Waals surface area (Å²) in [6.07, 6.45) is 1.64. The number of aryl methyl sites for hydroxylation is 1. The molecule has 0 aliphatic carbocycles. The second-order valence-corrected chi connectivity index (χ2v) is 5.55. The van der Waals surface area contributed by atoms with E-state index in [1.165, 1.54) is 4.80 Å². The highest BCUT2D eigenvalue weighted by atomic mass is 79.9. The maximum atomic E-state index is 6.18. The van der Waals surface area contributed by atoms with Gasteiger partial charge >= 0.3 is 0 Å². The van der Waals surface area contributed by atoms with Crippen LogP contribution in [0.4, 0.5) is 0 Å². The third kappa shape index (κ3) is 2.32. The van der Waals surface area contributed by atoms with Gasteiger partial charge in [-0.25, -0.2) is 4.68 Å². The zero-order valence-electron chi connectivity index (χ0n) is 10.1. The molecule has 0 bridgehead atoms. The fraction of sp³-hybridized carbons (Fsp3) is 0.0909. The summed E-state index contributed by atoms with van der Waals surface area (Å²) in [7, 11) is 1.70. The van der Waals surface area contributed by atoms with Gasteiger partial charge in [-0.15, -0.1) is 10.2 Å². The van der Waals surface area contributed by atoms with Crippen LogP contribution in [0, 0.1) is 0 Å². The molecule has 0 radical (unpaired) electrons. The molecule has 20 heavy (non-hydrogen) atoms. The van der Waals surface area contributed by atoms with E-state index < -0.39 is 0 Å². The van der Waals surface area contributed by atoms with Gasteiger partial charge in [0.25, 0.3) is 0 Å². The average Bonchev–Trinajstić information content (AvgIpc) is 2.96. The molecule has 0 N–H and O–H groups in total. The van der Waals surface area contributed by atoms with Crippen molar-refractivity contribution in [2.75, 3.05) is 0 Å². The topological polar surface area (TPSA) is 61.4 Å². The lowest BCUT2D eigenvalue weighted by atomic mass is 10.3. The lowest BCUT2D eigenvalue weighted by Gasteiger charge is -2.06. The fourth-order valence-corrected chi connectivity index (χ4v) is 2.75. The van der Waals surface area contributed by atoms with Gasteiger partial charge in [0.05, 0.1) is 29.5 Å². The van der Waals surface area contributed by atoms with Crippen LogP contribution in [0.1, 0.15) is 0 Å². The third-order valence-electron chi connectivity index (χ3n) is 2.60. The van der Waals surface area contributed by atoms with E-state index in [-0.39, 0.29) is 0 Å². The van der Waals surface area contributed by atoms with Gasteiger partial charge in [0.15, 0.2) is 0 Å². The van der Waals surface area contributed by atoms with Gasteiger partial charge in [0.1, 0.15) is 4.60 Å². The number of nitrogens with zero attached hydrogens (tertiary/aromatic N) is 6. The molecule has 0 saturated carbocycles. The Balaban J connectivity index is 2.10. The lowest BCUT2D eigenvalue weighted by molar-refractivity contribution is 0.630. The van der Waals surface area contributed by atoms with Crippen molar-refractivity contribution in [3.8, 4) is 17.1 Å². The standard InChI is InChI=1S/C11H7BrCl2N6/c1-19-17-11(16-18-19)7-5-15-20(10(7)12)9-3-2-6(13)4-8(9)14/h2-5H,1H3. The van der Waals surface area contributed by atoms with Crippen molar-refractivity contribution in [2.24, 2.45) is 7.05 Å². The molecule has 2 heterocycles. The molecule has 0 aliphatic rings. The number of halogens is 3. The first-order valence-electron chi connectivity index (χ1n) is 5.49. The van der Waals surface area contributed by atoms with E-state index in [1.54, 1.807) is 36.1 Å². The normalized spacial score (nSPS) is 11.0. The molecule has 102 valence electrons. The Morgan fingerprint density at radius 2 is 2.05 bits per heavy atom. The van der Waals surface area contributed by atoms with E-state index in [2.05, 4.69) is 36.4 Å². The summed E-state index contributed by atoms with van der Waals surface area (Å²) in [5.74, 6) is 0.482. The predicted molar refractivity (Wildman–Crippen MR) is 79.1 cm³/mol. The molecule has 3 rings (SSSR count). The highest BCUT2D eigenvalue weighted by molar-refractivity contribution is 9.10. The van der Waals surface area contributed by atoms with Crippen molar-refractivity contribution < 1.29 is 0 Å². The predicted octanol–water partition coefficient (Wildman–Crippen LogP) is 3.13. The molecule has 9 heteroatoms. The van der Waals surface area contributed by atoms with E-state index in [0.717, 1.165) is 5.56 Å². The smallest absolute Gasteiger partial charge is 0.209 e. The second kappa shape index (κ2) is 5.16. The summed E-state index contributed by atoms with van der Waals surface area (Å²) < 4.78 is 2.33. The molecule has 0 amide bonds. The van der Waals surface area contributed by atoms with Crippen LogP contribution in [-0.2, 0) is 7.05 Å². The Kier molecular flexibility index (Phi) is 3.49. The average molecular weight is 374 g/mol. The van der Waals surface area contributed by atoms with E-state index >= 15 is 0 Å². The number of tetrazole rings is 1. The fourth-order valence-electron chi connectivity index (χ4n) is 1.70. The molecule has 2 aromatic heterocycles. The Morgan fingerprint density at radius 1 is 1.25 bits per heavy atom. The number of hydrogen-bond donors (Lipinski definition) is 0. The lowest BCUT2D eigenvalue weighted by Crippen LogP contribution is -1.97. The first kappa shape index (κ1) is 13.5. The van der Waals surface area contributed by atoms with Gasteiger partial charge in [-0.2, -0.15) is 9.90 Å². The summed E-state index contributed by atoms with van der Waals surface area (Å²) in [4.78, 5) is 1.38. The van der Waals surface area contributed by atoms with E-state index in [1.807, 2.05) is 0 Å². The monoisotopic (exact) mass is 372 g/mol. The summed E-state index contributed by atoms with van der Waals surface area (Å²) >= 11 is 15.6. The molecule has 0 aliphatic heterocycles. The number of aromatic nitrogens is 6. The zero-order chi connectivity index (χ0) is 14.3. The number of benzene rings is 1. The highest BCUT2D eigenvalue weighted by Crippen LogP contribution is 2.31.